The monoisotopic (exact) mass is 134 g/mol. The van der Waals surface area contributed by atoms with Gasteiger partial charge in [0.25, 0.3) is 0 Å². The molecule has 2 nitrogen and oxygen atoms in total. The zero-order valence-electron chi connectivity index (χ0n) is 5.09. The minimum absolute atomic E-state index is 0.0116. The molecular formula is C5H10O2S. The summed E-state index contributed by atoms with van der Waals surface area (Å²) in [5.74, 6) is 0. The molecule has 1 fully saturated rings. The molecule has 1 heterocycles. The van der Waals surface area contributed by atoms with Gasteiger partial charge in [0.2, 0.25) is 0 Å². The average Bonchev–Trinajstić information content (AvgIpc) is 2.09. The summed E-state index contributed by atoms with van der Waals surface area (Å²) in [5.41, 5.74) is 0. The predicted molar refractivity (Wildman–Crippen MR) is 32.5 cm³/mol. The van der Waals surface area contributed by atoms with Crippen molar-refractivity contribution in [3.63, 3.8) is 0 Å². The van der Waals surface area contributed by atoms with Crippen LogP contribution in [-0.2, 0) is 9.84 Å². The Morgan fingerprint density at radius 2 is 1.88 bits per heavy atom. The summed E-state index contributed by atoms with van der Waals surface area (Å²) in [4.78, 5) is 0. The largest absolute Gasteiger partial charge is 0.228 e. The fourth-order valence-corrected chi connectivity index (χ4v) is 2.89. The highest BCUT2D eigenvalue weighted by molar-refractivity contribution is 7.99. The van der Waals surface area contributed by atoms with Crippen LogP contribution in [0.4, 0.5) is 0 Å². The SMILES string of the molecule is CC[C@@H]1[C@@H](C)S1(=O)=O. The molecule has 8 heavy (non-hydrogen) atoms. The molecule has 0 aromatic carbocycles. The molecule has 0 aliphatic carbocycles. The van der Waals surface area contributed by atoms with E-state index in [1.807, 2.05) is 6.92 Å². The second kappa shape index (κ2) is 1.47. The van der Waals surface area contributed by atoms with E-state index >= 15 is 0 Å². The van der Waals surface area contributed by atoms with E-state index in [2.05, 4.69) is 0 Å². The number of sulfone groups is 1. The molecule has 0 radical (unpaired) electrons. The third-order valence-corrected chi connectivity index (χ3v) is 4.43. The first-order chi connectivity index (χ1) is 3.60. The topological polar surface area (TPSA) is 34.1 Å². The van der Waals surface area contributed by atoms with Gasteiger partial charge in [-0.1, -0.05) is 6.92 Å². The van der Waals surface area contributed by atoms with Crippen molar-refractivity contribution in [3.8, 4) is 0 Å². The highest BCUT2D eigenvalue weighted by Crippen LogP contribution is 2.34. The van der Waals surface area contributed by atoms with Crippen LogP contribution >= 0.6 is 0 Å². The van der Waals surface area contributed by atoms with Crippen molar-refractivity contribution in [2.24, 2.45) is 0 Å². The minimum Gasteiger partial charge on any atom is -0.228 e. The first-order valence-corrected chi connectivity index (χ1v) is 4.44. The van der Waals surface area contributed by atoms with Crippen LogP contribution in [0, 0.1) is 0 Å². The third-order valence-electron chi connectivity index (χ3n) is 1.79. The van der Waals surface area contributed by atoms with Crippen LogP contribution in [-0.4, -0.2) is 18.9 Å². The van der Waals surface area contributed by atoms with E-state index in [1.165, 1.54) is 0 Å². The van der Waals surface area contributed by atoms with Crippen LogP contribution in [0.2, 0.25) is 0 Å². The van der Waals surface area contributed by atoms with Gasteiger partial charge in [-0.15, -0.1) is 0 Å². The molecule has 48 valence electrons. The maximum absolute atomic E-state index is 10.6. The van der Waals surface area contributed by atoms with E-state index in [0.717, 1.165) is 6.42 Å². The van der Waals surface area contributed by atoms with Gasteiger partial charge in [0.1, 0.15) is 0 Å². The van der Waals surface area contributed by atoms with Crippen LogP contribution in [0.15, 0.2) is 0 Å². The lowest BCUT2D eigenvalue weighted by atomic mass is 10.3. The van der Waals surface area contributed by atoms with Crippen molar-refractivity contribution in [2.45, 2.75) is 30.8 Å². The molecule has 1 saturated heterocycles. The van der Waals surface area contributed by atoms with Gasteiger partial charge in [-0.2, -0.15) is 0 Å². The molecule has 2 atom stereocenters. The third kappa shape index (κ3) is 0.573. The molecule has 0 saturated carbocycles. The zero-order valence-corrected chi connectivity index (χ0v) is 5.90. The normalized spacial score (nSPS) is 41.8. The van der Waals surface area contributed by atoms with Gasteiger partial charge in [0.05, 0.1) is 10.5 Å². The molecule has 1 aliphatic rings. The van der Waals surface area contributed by atoms with Crippen molar-refractivity contribution in [3.05, 3.63) is 0 Å². The van der Waals surface area contributed by atoms with Crippen LogP contribution in [0.5, 0.6) is 0 Å². The summed E-state index contributed by atoms with van der Waals surface area (Å²) in [6.07, 6.45) is 0.781. The Bertz CT molecular complexity index is 181. The van der Waals surface area contributed by atoms with E-state index in [-0.39, 0.29) is 10.5 Å². The lowest BCUT2D eigenvalue weighted by Crippen LogP contribution is -1.83. The van der Waals surface area contributed by atoms with Crippen molar-refractivity contribution in [2.75, 3.05) is 0 Å². The number of hydrogen-bond donors (Lipinski definition) is 0. The molecule has 0 bridgehead atoms. The molecule has 0 aromatic heterocycles. The first-order valence-electron chi connectivity index (χ1n) is 2.83. The Morgan fingerprint density at radius 3 is 1.88 bits per heavy atom. The van der Waals surface area contributed by atoms with Crippen molar-refractivity contribution in [1.29, 1.82) is 0 Å². The summed E-state index contributed by atoms with van der Waals surface area (Å²) in [6, 6.07) is 0. The van der Waals surface area contributed by atoms with E-state index in [4.69, 9.17) is 0 Å². The minimum atomic E-state index is -2.59. The van der Waals surface area contributed by atoms with E-state index in [0.29, 0.717) is 0 Å². The molecule has 1 rings (SSSR count). The smallest absolute Gasteiger partial charge is 0.158 e. The summed E-state index contributed by atoms with van der Waals surface area (Å²) in [7, 11) is -2.59. The Hall–Kier alpha value is -0.0500. The van der Waals surface area contributed by atoms with Crippen LogP contribution < -0.4 is 0 Å². The summed E-state index contributed by atoms with van der Waals surface area (Å²) in [6.45, 7) is 3.68. The van der Waals surface area contributed by atoms with E-state index in [1.54, 1.807) is 6.92 Å². The lowest BCUT2D eigenvalue weighted by Gasteiger charge is -1.73. The van der Waals surface area contributed by atoms with Crippen LogP contribution in [0.25, 0.3) is 0 Å². The molecule has 0 spiro atoms. The van der Waals surface area contributed by atoms with Gasteiger partial charge in [0, 0.05) is 0 Å². The van der Waals surface area contributed by atoms with Crippen molar-refractivity contribution >= 4 is 9.84 Å². The first kappa shape index (κ1) is 6.08. The molecule has 3 heteroatoms. The van der Waals surface area contributed by atoms with Gasteiger partial charge in [-0.05, 0) is 13.3 Å². The average molecular weight is 134 g/mol. The summed E-state index contributed by atoms with van der Waals surface area (Å²) < 4.78 is 21.3. The van der Waals surface area contributed by atoms with Gasteiger partial charge >= 0.3 is 0 Å². The van der Waals surface area contributed by atoms with E-state index < -0.39 is 9.84 Å². The zero-order chi connectivity index (χ0) is 6.36. The maximum atomic E-state index is 10.6. The van der Waals surface area contributed by atoms with Crippen LogP contribution in [0.1, 0.15) is 20.3 Å². The number of hydrogen-bond acceptors (Lipinski definition) is 2. The van der Waals surface area contributed by atoms with Gasteiger partial charge in [0.15, 0.2) is 9.84 Å². The molecule has 0 aromatic rings. The number of rotatable bonds is 1. The maximum Gasteiger partial charge on any atom is 0.158 e. The highest BCUT2D eigenvalue weighted by atomic mass is 32.2. The predicted octanol–water partition coefficient (Wildman–Crippen LogP) is 0.582. The fourth-order valence-electron chi connectivity index (χ4n) is 1.03. The van der Waals surface area contributed by atoms with E-state index in [9.17, 15) is 8.42 Å². The van der Waals surface area contributed by atoms with Gasteiger partial charge in [-0.3, -0.25) is 0 Å². The molecule has 1 aliphatic heterocycles. The standard InChI is InChI=1S/C5H10O2S/c1-3-5-4(2)8(5,6)7/h4-5H,3H2,1-2H3/t4-,5-/m1/s1. The van der Waals surface area contributed by atoms with Gasteiger partial charge in [-0.25, -0.2) is 8.42 Å². The second-order valence-corrected chi connectivity index (χ2v) is 4.77. The van der Waals surface area contributed by atoms with Gasteiger partial charge < -0.3 is 0 Å². The van der Waals surface area contributed by atoms with Crippen molar-refractivity contribution < 1.29 is 8.42 Å². The molecule has 0 N–H and O–H groups in total. The highest BCUT2D eigenvalue weighted by Gasteiger charge is 2.51. The van der Waals surface area contributed by atoms with Crippen molar-refractivity contribution in [1.82, 2.24) is 0 Å². The molecule has 0 amide bonds. The molecular weight excluding hydrogens is 124 g/mol. The fraction of sp³-hybridized carbons (Fsp3) is 1.00. The Balaban J connectivity index is 2.73. The lowest BCUT2D eigenvalue weighted by molar-refractivity contribution is 0.610. The Kier molecular flexibility index (Phi) is 1.11. The quantitative estimate of drug-likeness (QED) is 0.492. The summed E-state index contributed by atoms with van der Waals surface area (Å²) in [5, 5.41) is -0.0602. The Labute approximate surface area is 49.8 Å². The van der Waals surface area contributed by atoms with Crippen LogP contribution in [0.3, 0.4) is 0 Å². The second-order valence-electron chi connectivity index (χ2n) is 2.24. The molecule has 0 unspecified atom stereocenters. The summed E-state index contributed by atoms with van der Waals surface area (Å²) >= 11 is 0. The Morgan fingerprint density at radius 1 is 1.50 bits per heavy atom.